The Kier molecular flexibility index (Phi) is 2.97. The summed E-state index contributed by atoms with van der Waals surface area (Å²) < 4.78 is 1.92. The topological polar surface area (TPSA) is 20.9 Å². The van der Waals surface area contributed by atoms with E-state index in [1.807, 2.05) is 23.0 Å². The Morgan fingerprint density at radius 3 is 2.92 bits per heavy atom. The average molecular weight is 164 g/mol. The first kappa shape index (κ1) is 8.91. The van der Waals surface area contributed by atoms with Crippen molar-refractivity contribution in [3.63, 3.8) is 0 Å². The molecule has 0 bridgehead atoms. The molecule has 0 unspecified atom stereocenters. The fourth-order valence-corrected chi connectivity index (χ4v) is 1.14. The van der Waals surface area contributed by atoms with Gasteiger partial charge in [-0.1, -0.05) is 6.92 Å². The van der Waals surface area contributed by atoms with Gasteiger partial charge in [0.05, 0.1) is 0 Å². The van der Waals surface area contributed by atoms with Gasteiger partial charge in [0.2, 0.25) is 6.54 Å². The highest BCUT2D eigenvalue weighted by Gasteiger charge is 2.03. The van der Waals surface area contributed by atoms with Crippen LogP contribution in [0.4, 0.5) is 0 Å². The number of hydrogen-bond acceptors (Lipinski definition) is 1. The summed E-state index contributed by atoms with van der Waals surface area (Å²) in [7, 11) is 0. The summed E-state index contributed by atoms with van der Waals surface area (Å²) in [6.45, 7) is 4.19. The average Bonchev–Trinajstić information content (AvgIpc) is 2.03. The SMILES string of the molecule is CCc1ccc[n+](CC(C)=O)c1. The zero-order valence-electron chi connectivity index (χ0n) is 7.58. The molecule has 1 aromatic heterocycles. The van der Waals surface area contributed by atoms with Gasteiger partial charge in [0, 0.05) is 18.6 Å². The summed E-state index contributed by atoms with van der Waals surface area (Å²) >= 11 is 0. The molecule has 1 rings (SSSR count). The Morgan fingerprint density at radius 1 is 1.58 bits per heavy atom. The molecule has 0 aliphatic heterocycles. The van der Waals surface area contributed by atoms with Gasteiger partial charge in [0.1, 0.15) is 0 Å². The van der Waals surface area contributed by atoms with Crippen molar-refractivity contribution in [1.29, 1.82) is 0 Å². The number of ketones is 1. The predicted octanol–water partition coefficient (Wildman–Crippen LogP) is 1.13. The normalized spacial score (nSPS) is 9.83. The van der Waals surface area contributed by atoms with Gasteiger partial charge in [0.15, 0.2) is 18.2 Å². The minimum Gasteiger partial charge on any atom is -0.293 e. The number of Topliss-reactive ketones (excluding diaryl/α,β-unsaturated/α-hetero) is 1. The molecule has 0 radical (unpaired) electrons. The van der Waals surface area contributed by atoms with E-state index < -0.39 is 0 Å². The van der Waals surface area contributed by atoms with Crippen LogP contribution in [-0.4, -0.2) is 5.78 Å². The van der Waals surface area contributed by atoms with Gasteiger partial charge >= 0.3 is 0 Å². The van der Waals surface area contributed by atoms with Crippen LogP contribution >= 0.6 is 0 Å². The van der Waals surface area contributed by atoms with E-state index in [9.17, 15) is 4.79 Å². The van der Waals surface area contributed by atoms with Gasteiger partial charge in [-0.15, -0.1) is 0 Å². The zero-order valence-corrected chi connectivity index (χ0v) is 7.58. The van der Waals surface area contributed by atoms with Gasteiger partial charge in [-0.05, 0) is 12.5 Å². The maximum atomic E-state index is 10.8. The first-order valence-corrected chi connectivity index (χ1v) is 4.19. The molecule has 1 aromatic rings. The molecule has 1 heterocycles. The van der Waals surface area contributed by atoms with Crippen LogP contribution in [0.2, 0.25) is 0 Å². The lowest BCUT2D eigenvalue weighted by Crippen LogP contribution is -2.36. The van der Waals surface area contributed by atoms with Gasteiger partial charge < -0.3 is 0 Å². The summed E-state index contributed by atoms with van der Waals surface area (Å²) in [6, 6.07) is 4.04. The number of aryl methyl sites for hydroxylation is 1. The molecular weight excluding hydrogens is 150 g/mol. The van der Waals surface area contributed by atoms with Gasteiger partial charge in [-0.3, -0.25) is 4.79 Å². The zero-order chi connectivity index (χ0) is 8.97. The summed E-state index contributed by atoms with van der Waals surface area (Å²) in [5.74, 6) is 0.188. The molecular formula is C10H14NO+. The minimum atomic E-state index is 0.188. The lowest BCUT2D eigenvalue weighted by atomic mass is 10.2. The molecule has 0 spiro atoms. The van der Waals surface area contributed by atoms with E-state index in [4.69, 9.17) is 0 Å². The number of rotatable bonds is 3. The Hall–Kier alpha value is -1.18. The van der Waals surface area contributed by atoms with E-state index in [2.05, 4.69) is 13.0 Å². The van der Waals surface area contributed by atoms with E-state index in [0.717, 1.165) is 6.42 Å². The van der Waals surface area contributed by atoms with Gasteiger partial charge in [0.25, 0.3) is 0 Å². The van der Waals surface area contributed by atoms with Crippen molar-refractivity contribution in [3.05, 3.63) is 30.1 Å². The van der Waals surface area contributed by atoms with Crippen LogP contribution in [0.5, 0.6) is 0 Å². The molecule has 0 atom stereocenters. The van der Waals surface area contributed by atoms with Crippen LogP contribution in [0.1, 0.15) is 19.4 Å². The predicted molar refractivity (Wildman–Crippen MR) is 46.7 cm³/mol. The van der Waals surface area contributed by atoms with Crippen molar-refractivity contribution in [2.24, 2.45) is 0 Å². The van der Waals surface area contributed by atoms with Crippen molar-refractivity contribution in [2.75, 3.05) is 0 Å². The Bertz CT molecular complexity index is 281. The highest BCUT2D eigenvalue weighted by Crippen LogP contribution is 1.93. The number of hydrogen-bond donors (Lipinski definition) is 0. The van der Waals surface area contributed by atoms with Crippen molar-refractivity contribution in [2.45, 2.75) is 26.8 Å². The van der Waals surface area contributed by atoms with Crippen LogP contribution in [0.3, 0.4) is 0 Å². The lowest BCUT2D eigenvalue weighted by molar-refractivity contribution is -0.684. The van der Waals surface area contributed by atoms with Crippen molar-refractivity contribution in [3.8, 4) is 0 Å². The monoisotopic (exact) mass is 164 g/mol. The first-order chi connectivity index (χ1) is 5.72. The molecule has 64 valence electrons. The quantitative estimate of drug-likeness (QED) is 0.613. The Labute approximate surface area is 72.8 Å². The van der Waals surface area contributed by atoms with Gasteiger partial charge in [-0.2, -0.15) is 4.57 Å². The van der Waals surface area contributed by atoms with Crippen LogP contribution in [0.15, 0.2) is 24.5 Å². The minimum absolute atomic E-state index is 0.188. The molecule has 0 amide bonds. The molecule has 2 heteroatoms. The van der Waals surface area contributed by atoms with Crippen molar-refractivity contribution >= 4 is 5.78 Å². The number of pyridine rings is 1. The van der Waals surface area contributed by atoms with Crippen LogP contribution in [0, 0.1) is 0 Å². The molecule has 0 aliphatic carbocycles. The number of carbonyl (C=O) groups is 1. The Balaban J connectivity index is 2.79. The van der Waals surface area contributed by atoms with Crippen molar-refractivity contribution in [1.82, 2.24) is 0 Å². The number of carbonyl (C=O) groups excluding carboxylic acids is 1. The number of aromatic nitrogens is 1. The fraction of sp³-hybridized carbons (Fsp3) is 0.400. The standard InChI is InChI=1S/C10H14NO/c1-3-10-5-4-6-11(8-10)7-9(2)12/h4-6,8H,3,7H2,1-2H3/q+1. The molecule has 12 heavy (non-hydrogen) atoms. The molecule has 2 nitrogen and oxygen atoms in total. The van der Waals surface area contributed by atoms with Gasteiger partial charge in [-0.25, -0.2) is 0 Å². The second-order valence-corrected chi connectivity index (χ2v) is 2.94. The summed E-state index contributed by atoms with van der Waals surface area (Å²) in [4.78, 5) is 10.8. The third kappa shape index (κ3) is 2.46. The lowest BCUT2D eigenvalue weighted by Gasteiger charge is -1.95. The third-order valence-electron chi connectivity index (χ3n) is 1.73. The molecule has 0 N–H and O–H groups in total. The molecule has 0 saturated heterocycles. The fourth-order valence-electron chi connectivity index (χ4n) is 1.14. The largest absolute Gasteiger partial charge is 0.293 e. The second kappa shape index (κ2) is 4.00. The van der Waals surface area contributed by atoms with Crippen LogP contribution in [0.25, 0.3) is 0 Å². The highest BCUT2D eigenvalue weighted by molar-refractivity contribution is 5.73. The van der Waals surface area contributed by atoms with Crippen LogP contribution in [-0.2, 0) is 17.8 Å². The maximum Gasteiger partial charge on any atom is 0.206 e. The van der Waals surface area contributed by atoms with Crippen molar-refractivity contribution < 1.29 is 9.36 Å². The third-order valence-corrected chi connectivity index (χ3v) is 1.73. The first-order valence-electron chi connectivity index (χ1n) is 4.19. The second-order valence-electron chi connectivity index (χ2n) is 2.94. The van der Waals surface area contributed by atoms with Crippen LogP contribution < -0.4 is 4.57 Å². The summed E-state index contributed by atoms with van der Waals surface area (Å²) in [5.41, 5.74) is 1.26. The maximum absolute atomic E-state index is 10.8. The summed E-state index contributed by atoms with van der Waals surface area (Å²) in [6.07, 6.45) is 4.95. The molecule has 0 aromatic carbocycles. The molecule has 0 saturated carbocycles. The molecule has 0 aliphatic rings. The highest BCUT2D eigenvalue weighted by atomic mass is 16.1. The van der Waals surface area contributed by atoms with E-state index in [1.54, 1.807) is 6.92 Å². The van der Waals surface area contributed by atoms with E-state index in [0.29, 0.717) is 6.54 Å². The number of nitrogens with zero attached hydrogens (tertiary/aromatic N) is 1. The van der Waals surface area contributed by atoms with E-state index >= 15 is 0 Å². The summed E-state index contributed by atoms with van der Waals surface area (Å²) in [5, 5.41) is 0. The van der Waals surface area contributed by atoms with E-state index in [1.165, 1.54) is 5.56 Å². The smallest absolute Gasteiger partial charge is 0.206 e. The Morgan fingerprint density at radius 2 is 2.33 bits per heavy atom. The van der Waals surface area contributed by atoms with E-state index in [-0.39, 0.29) is 5.78 Å². The molecule has 0 fully saturated rings.